The molecular formula is C23H24N2O6. The van der Waals surface area contributed by atoms with Crippen molar-refractivity contribution < 1.29 is 28.7 Å². The molecule has 0 saturated carbocycles. The van der Waals surface area contributed by atoms with Crippen LogP contribution in [0, 0.1) is 0 Å². The second-order valence-electron chi connectivity index (χ2n) is 6.99. The fraction of sp³-hybridized carbons (Fsp3) is 0.304. The Morgan fingerprint density at radius 3 is 2.19 bits per heavy atom. The van der Waals surface area contributed by atoms with Crippen molar-refractivity contribution in [1.29, 1.82) is 0 Å². The molecule has 1 N–H and O–H groups in total. The van der Waals surface area contributed by atoms with Crippen molar-refractivity contribution in [2.45, 2.75) is 32.8 Å². The molecule has 0 spiro atoms. The van der Waals surface area contributed by atoms with E-state index in [9.17, 15) is 19.2 Å². The van der Waals surface area contributed by atoms with Crippen LogP contribution in [-0.4, -0.2) is 47.8 Å². The van der Waals surface area contributed by atoms with E-state index in [1.165, 1.54) is 6.92 Å². The number of nitrogens with one attached hydrogen (secondary N) is 1. The van der Waals surface area contributed by atoms with Crippen LogP contribution in [0.3, 0.4) is 0 Å². The standard InChI is InChI=1S/C23H24N2O6/c1-3-30-17-12-10-16(11-13-17)24-21(27)15(2)31-20(26)9-6-14-25-22(28)18-7-4-5-8-19(18)23(25)29/h4-5,7-8,10-13,15H,3,6,9,14H2,1-2H3,(H,24,27). The lowest BCUT2D eigenvalue weighted by atomic mass is 10.1. The van der Waals surface area contributed by atoms with Gasteiger partial charge in [0.15, 0.2) is 6.10 Å². The molecule has 3 rings (SSSR count). The summed E-state index contributed by atoms with van der Waals surface area (Å²) in [6, 6.07) is 13.5. The highest BCUT2D eigenvalue weighted by Crippen LogP contribution is 2.22. The highest BCUT2D eigenvalue weighted by Gasteiger charge is 2.34. The molecule has 1 aliphatic rings. The van der Waals surface area contributed by atoms with E-state index >= 15 is 0 Å². The number of ether oxygens (including phenoxy) is 2. The summed E-state index contributed by atoms with van der Waals surface area (Å²) >= 11 is 0. The van der Waals surface area contributed by atoms with Crippen LogP contribution >= 0.6 is 0 Å². The van der Waals surface area contributed by atoms with Gasteiger partial charge in [0.1, 0.15) is 5.75 Å². The number of fused-ring (bicyclic) bond motifs is 1. The van der Waals surface area contributed by atoms with Gasteiger partial charge in [-0.25, -0.2) is 0 Å². The molecule has 0 saturated heterocycles. The van der Waals surface area contributed by atoms with Gasteiger partial charge in [-0.2, -0.15) is 0 Å². The first-order chi connectivity index (χ1) is 14.9. The van der Waals surface area contributed by atoms with Crippen LogP contribution in [0.25, 0.3) is 0 Å². The number of imide groups is 1. The minimum atomic E-state index is -0.988. The Morgan fingerprint density at radius 2 is 1.61 bits per heavy atom. The van der Waals surface area contributed by atoms with E-state index in [0.29, 0.717) is 29.2 Å². The van der Waals surface area contributed by atoms with Crippen LogP contribution in [0.2, 0.25) is 0 Å². The first-order valence-corrected chi connectivity index (χ1v) is 10.1. The zero-order chi connectivity index (χ0) is 22.4. The Labute approximate surface area is 180 Å². The van der Waals surface area contributed by atoms with Gasteiger partial charge in [0.05, 0.1) is 17.7 Å². The zero-order valence-corrected chi connectivity index (χ0v) is 17.4. The number of carbonyl (C=O) groups excluding carboxylic acids is 4. The molecule has 1 aliphatic heterocycles. The van der Waals surface area contributed by atoms with Crippen LogP contribution in [0.1, 0.15) is 47.4 Å². The minimum absolute atomic E-state index is 0.0198. The summed E-state index contributed by atoms with van der Waals surface area (Å²) in [7, 11) is 0. The molecule has 1 unspecified atom stereocenters. The third kappa shape index (κ3) is 5.28. The van der Waals surface area contributed by atoms with Crippen molar-refractivity contribution in [3.8, 4) is 5.75 Å². The second-order valence-corrected chi connectivity index (χ2v) is 6.99. The summed E-state index contributed by atoms with van der Waals surface area (Å²) in [6.45, 7) is 4.01. The fourth-order valence-corrected chi connectivity index (χ4v) is 3.18. The number of amides is 3. The highest BCUT2D eigenvalue weighted by molar-refractivity contribution is 6.21. The van der Waals surface area contributed by atoms with Gasteiger partial charge < -0.3 is 14.8 Å². The van der Waals surface area contributed by atoms with Crippen molar-refractivity contribution in [1.82, 2.24) is 4.90 Å². The third-order valence-corrected chi connectivity index (χ3v) is 4.75. The number of hydrogen-bond acceptors (Lipinski definition) is 6. The molecule has 31 heavy (non-hydrogen) atoms. The minimum Gasteiger partial charge on any atom is -0.494 e. The SMILES string of the molecule is CCOc1ccc(NC(=O)C(C)OC(=O)CCCN2C(=O)c3ccccc3C2=O)cc1. The van der Waals surface area contributed by atoms with E-state index < -0.39 is 18.0 Å². The number of esters is 1. The van der Waals surface area contributed by atoms with Gasteiger partial charge in [-0.15, -0.1) is 0 Å². The average Bonchev–Trinajstić information content (AvgIpc) is 3.00. The van der Waals surface area contributed by atoms with Crippen LogP contribution in [-0.2, 0) is 14.3 Å². The van der Waals surface area contributed by atoms with Crippen LogP contribution in [0.5, 0.6) is 5.75 Å². The van der Waals surface area contributed by atoms with Gasteiger partial charge in [0.2, 0.25) is 0 Å². The van der Waals surface area contributed by atoms with Gasteiger partial charge in [-0.3, -0.25) is 24.1 Å². The Kier molecular flexibility index (Phi) is 7.02. The van der Waals surface area contributed by atoms with Gasteiger partial charge in [0.25, 0.3) is 17.7 Å². The van der Waals surface area contributed by atoms with Crippen LogP contribution in [0.4, 0.5) is 5.69 Å². The Morgan fingerprint density at radius 1 is 1.00 bits per heavy atom. The van der Waals surface area contributed by atoms with Gasteiger partial charge in [-0.1, -0.05) is 12.1 Å². The molecule has 8 heteroatoms. The van der Waals surface area contributed by atoms with Gasteiger partial charge in [0, 0.05) is 18.7 Å². The van der Waals surface area contributed by atoms with Crippen molar-refractivity contribution in [3.63, 3.8) is 0 Å². The number of nitrogens with zero attached hydrogens (tertiary/aromatic N) is 1. The maximum Gasteiger partial charge on any atom is 0.306 e. The molecule has 0 bridgehead atoms. The number of rotatable bonds is 9. The second kappa shape index (κ2) is 9.88. The average molecular weight is 424 g/mol. The summed E-state index contributed by atoms with van der Waals surface area (Å²) < 4.78 is 10.5. The molecule has 1 atom stereocenters. The fourth-order valence-electron chi connectivity index (χ4n) is 3.18. The van der Waals surface area contributed by atoms with Crippen molar-refractivity contribution in [2.24, 2.45) is 0 Å². The number of carbonyl (C=O) groups is 4. The summed E-state index contributed by atoms with van der Waals surface area (Å²) in [6.07, 6.45) is -0.760. The van der Waals surface area contributed by atoms with E-state index in [4.69, 9.17) is 9.47 Å². The van der Waals surface area contributed by atoms with Gasteiger partial charge in [-0.05, 0) is 56.7 Å². The predicted molar refractivity (Wildman–Crippen MR) is 113 cm³/mol. The quantitative estimate of drug-likeness (QED) is 0.490. The molecule has 0 radical (unpaired) electrons. The van der Waals surface area contributed by atoms with E-state index in [1.807, 2.05) is 6.92 Å². The van der Waals surface area contributed by atoms with E-state index in [2.05, 4.69) is 5.32 Å². The van der Waals surface area contributed by atoms with Crippen molar-refractivity contribution in [3.05, 3.63) is 59.7 Å². The van der Waals surface area contributed by atoms with Crippen molar-refractivity contribution in [2.75, 3.05) is 18.5 Å². The zero-order valence-electron chi connectivity index (χ0n) is 17.4. The molecule has 0 aromatic heterocycles. The molecule has 3 amide bonds. The lowest BCUT2D eigenvalue weighted by Crippen LogP contribution is -2.32. The first kappa shape index (κ1) is 22.0. The Bertz CT molecular complexity index is 951. The molecular weight excluding hydrogens is 400 g/mol. The maximum atomic E-state index is 12.3. The first-order valence-electron chi connectivity index (χ1n) is 10.1. The molecule has 0 aliphatic carbocycles. The number of hydrogen-bond donors (Lipinski definition) is 1. The lowest BCUT2D eigenvalue weighted by molar-refractivity contribution is -0.153. The largest absolute Gasteiger partial charge is 0.494 e. The summed E-state index contributed by atoms with van der Waals surface area (Å²) in [5.41, 5.74) is 1.30. The molecule has 2 aromatic rings. The lowest BCUT2D eigenvalue weighted by Gasteiger charge is -2.15. The monoisotopic (exact) mass is 424 g/mol. The molecule has 1 heterocycles. The molecule has 0 fully saturated rings. The Hall–Kier alpha value is -3.68. The summed E-state index contributed by atoms with van der Waals surface area (Å²) in [5.74, 6) is -1.07. The van der Waals surface area contributed by atoms with E-state index in [-0.39, 0.29) is 31.2 Å². The number of benzene rings is 2. The van der Waals surface area contributed by atoms with Gasteiger partial charge >= 0.3 is 5.97 Å². The molecule has 2 aromatic carbocycles. The Balaban J connectivity index is 1.42. The smallest absolute Gasteiger partial charge is 0.306 e. The molecule has 162 valence electrons. The van der Waals surface area contributed by atoms with E-state index in [0.717, 1.165) is 4.90 Å². The predicted octanol–water partition coefficient (Wildman–Crippen LogP) is 3.03. The van der Waals surface area contributed by atoms with Crippen LogP contribution < -0.4 is 10.1 Å². The summed E-state index contributed by atoms with van der Waals surface area (Å²) in [4.78, 5) is 50.1. The molecule has 8 nitrogen and oxygen atoms in total. The van der Waals surface area contributed by atoms with Crippen molar-refractivity contribution >= 4 is 29.4 Å². The van der Waals surface area contributed by atoms with Crippen LogP contribution in [0.15, 0.2) is 48.5 Å². The third-order valence-electron chi connectivity index (χ3n) is 4.75. The normalized spacial score (nSPS) is 13.5. The highest BCUT2D eigenvalue weighted by atomic mass is 16.5. The summed E-state index contributed by atoms with van der Waals surface area (Å²) in [5, 5.41) is 2.67. The van der Waals surface area contributed by atoms with E-state index in [1.54, 1.807) is 48.5 Å². The number of anilines is 1. The topological polar surface area (TPSA) is 102 Å². The maximum absolute atomic E-state index is 12.3.